The van der Waals surface area contributed by atoms with Crippen molar-refractivity contribution in [2.24, 2.45) is 23.5 Å². The first-order chi connectivity index (χ1) is 46.3. The van der Waals surface area contributed by atoms with Crippen LogP contribution in [0.1, 0.15) is 222 Å². The monoisotopic (exact) mass is 1390 g/mol. The lowest BCUT2D eigenvalue weighted by Crippen LogP contribution is -2.43. The Morgan fingerprint density at radius 1 is 0.495 bits per heavy atom. The highest BCUT2D eigenvalue weighted by atomic mass is 16.5. The lowest BCUT2D eigenvalue weighted by molar-refractivity contribution is -0.148. The van der Waals surface area contributed by atoms with Gasteiger partial charge in [-0.2, -0.15) is 0 Å². The fourth-order valence-electron chi connectivity index (χ4n) is 10.0. The second-order valence-electron chi connectivity index (χ2n) is 24.1. The Labute approximate surface area is 572 Å². The normalized spacial score (nSPS) is 13.2. The summed E-state index contributed by atoms with van der Waals surface area (Å²) in [6.07, 6.45) is 17.5. The molecule has 0 aliphatic heterocycles. The molecule has 1 aromatic heterocycles. The summed E-state index contributed by atoms with van der Waals surface area (Å²) in [4.78, 5) is 162. The predicted octanol–water partition coefficient (Wildman–Crippen LogP) is 5.70. The fraction of sp³-hybridized carbons (Fsp3) is 0.761. The van der Waals surface area contributed by atoms with E-state index < -0.39 is 108 Å². The topological polar surface area (TPSA) is 483 Å². The molecular weight excluding hydrogens is 1270 g/mol. The van der Waals surface area contributed by atoms with E-state index >= 15 is 0 Å². The number of ketones is 4. The number of imidazole rings is 1. The number of hydrogen-bond acceptors (Lipinski definition) is 20. The number of carbonyl (C=O) groups excluding carboxylic acids is 8. The summed E-state index contributed by atoms with van der Waals surface area (Å²) in [5, 5.41) is 66.2. The van der Waals surface area contributed by atoms with E-state index in [0.717, 1.165) is 44.9 Å². The number of nitrogens with zero attached hydrogens (tertiary/aromatic N) is 1. The molecule has 30 nitrogen and oxygen atoms in total. The summed E-state index contributed by atoms with van der Waals surface area (Å²) in [7, 11) is 0. The van der Waals surface area contributed by atoms with E-state index in [9.17, 15) is 87.9 Å². The number of nitrogens with one attached hydrogen (secondary N) is 5. The number of H-pyrrole nitrogens is 1. The van der Waals surface area contributed by atoms with E-state index in [1.54, 1.807) is 6.92 Å². The first-order valence-electron chi connectivity index (χ1n) is 34.4. The summed E-state index contributed by atoms with van der Waals surface area (Å²) in [5.41, 5.74) is 6.69. The van der Waals surface area contributed by atoms with Gasteiger partial charge in [-0.3, -0.25) is 52.7 Å². The summed E-state index contributed by atoms with van der Waals surface area (Å²) in [6.45, 7) is 7.02. The molecule has 558 valence electrons. The Balaban J connectivity index is -0.00000189. The van der Waals surface area contributed by atoms with E-state index in [1.807, 2.05) is 6.92 Å². The Bertz CT molecular complexity index is 2460. The molecule has 13 N–H and O–H groups in total. The number of Topliss-reactive ketones (excluding diaryl/α,β-unsaturated/α-hetero) is 4. The van der Waals surface area contributed by atoms with Gasteiger partial charge < -0.3 is 81.6 Å². The maximum atomic E-state index is 13.1. The van der Waals surface area contributed by atoms with Crippen LogP contribution in [0.25, 0.3) is 0 Å². The summed E-state index contributed by atoms with van der Waals surface area (Å²) in [5.74, 6) is -12.1. The maximum Gasteiger partial charge on any atom is 0.326 e. The largest absolute Gasteiger partial charge is 0.481 e. The summed E-state index contributed by atoms with van der Waals surface area (Å²) >= 11 is 0. The zero-order valence-electron chi connectivity index (χ0n) is 57.3. The van der Waals surface area contributed by atoms with Crippen molar-refractivity contribution < 1.29 is 115 Å². The van der Waals surface area contributed by atoms with Crippen LogP contribution in [0.2, 0.25) is 0 Å². The number of carboxylic acids is 5. The van der Waals surface area contributed by atoms with Crippen molar-refractivity contribution in [1.82, 2.24) is 31.2 Å². The van der Waals surface area contributed by atoms with Gasteiger partial charge in [-0.05, 0) is 72.1 Å². The second-order valence-corrected chi connectivity index (χ2v) is 24.1. The van der Waals surface area contributed by atoms with Crippen molar-refractivity contribution in [1.29, 1.82) is 0 Å². The fourth-order valence-corrected chi connectivity index (χ4v) is 10.0. The van der Waals surface area contributed by atoms with Crippen molar-refractivity contribution in [3.05, 3.63) is 18.2 Å². The minimum absolute atomic E-state index is 0. The van der Waals surface area contributed by atoms with Gasteiger partial charge in [-0.1, -0.05) is 83.5 Å². The third-order valence-corrected chi connectivity index (χ3v) is 15.7. The van der Waals surface area contributed by atoms with Crippen LogP contribution in [0.15, 0.2) is 12.5 Å². The summed E-state index contributed by atoms with van der Waals surface area (Å²) < 4.78 is 20.9. The van der Waals surface area contributed by atoms with Crippen LogP contribution in [0, 0.1) is 17.8 Å². The van der Waals surface area contributed by atoms with Crippen LogP contribution in [0.5, 0.6) is 0 Å². The lowest BCUT2D eigenvalue weighted by atomic mass is 9.84. The van der Waals surface area contributed by atoms with Crippen LogP contribution in [-0.2, 0) is 87.7 Å². The highest BCUT2D eigenvalue weighted by molar-refractivity contribution is 5.92. The molecule has 30 heteroatoms. The van der Waals surface area contributed by atoms with Crippen molar-refractivity contribution >= 4 is 76.6 Å². The van der Waals surface area contributed by atoms with Gasteiger partial charge in [0.25, 0.3) is 0 Å². The van der Waals surface area contributed by atoms with Crippen molar-refractivity contribution in [3.8, 4) is 0 Å². The molecule has 7 atom stereocenters. The second kappa shape index (κ2) is 57.9. The Morgan fingerprint density at radius 2 is 1.03 bits per heavy atom. The number of aromatic amines is 1. The van der Waals surface area contributed by atoms with Crippen LogP contribution >= 0.6 is 0 Å². The van der Waals surface area contributed by atoms with Crippen LogP contribution in [-0.4, -0.2) is 207 Å². The third-order valence-electron chi connectivity index (χ3n) is 15.7. The van der Waals surface area contributed by atoms with Crippen LogP contribution < -0.4 is 27.0 Å². The number of amides is 4. The Hall–Kier alpha value is -7.12. The zero-order chi connectivity index (χ0) is 72.6. The molecule has 0 aliphatic carbocycles. The lowest BCUT2D eigenvalue weighted by Gasteiger charge is -2.21. The maximum absolute atomic E-state index is 13.1. The van der Waals surface area contributed by atoms with E-state index in [0.29, 0.717) is 70.8 Å². The molecule has 0 radical (unpaired) electrons. The molecule has 0 saturated heterocycles. The number of unbranched alkanes of at least 4 members (excludes halogenated alkanes) is 14. The molecular formula is C67H117N7O23. The molecule has 97 heavy (non-hydrogen) atoms. The average Bonchev–Trinajstić information content (AvgIpc) is 1.53. The molecule has 0 bridgehead atoms. The number of nitrogens with two attached hydrogens (primary N) is 1. The number of rotatable bonds is 64. The van der Waals surface area contributed by atoms with Crippen LogP contribution in [0.4, 0.5) is 0 Å². The number of hydrogen-bond donors (Lipinski definition) is 12. The summed E-state index contributed by atoms with van der Waals surface area (Å²) in [6, 6.07) is -3.46. The quantitative estimate of drug-likeness (QED) is 0.0348. The zero-order valence-corrected chi connectivity index (χ0v) is 57.3. The molecule has 0 unspecified atom stereocenters. The SMILES string of the molecule is CCNC(=O)CC[C@H](CC(=O)CC[C@H](NC(=O)CCCCCCCCCCCCCCCCC(=O)O)C(=O)O)C(=O)O.CCOCCOCC(=O)CCCOCCOCC(=O)N[C@@H](CCC(=O)NCCCC[C@H](CC(=O)[C@@H](N)Cc1cnc[nH]1)C(=O)C[C@H](C(=O)O)[C@@H](C)O)C(=O)O.[HH].[HH]. The minimum atomic E-state index is -1.34. The highest BCUT2D eigenvalue weighted by Gasteiger charge is 2.32. The van der Waals surface area contributed by atoms with Crippen molar-refractivity contribution in [2.75, 3.05) is 65.9 Å². The van der Waals surface area contributed by atoms with E-state index in [-0.39, 0.29) is 130 Å². The molecule has 0 aliphatic rings. The molecule has 1 rings (SSSR count). The van der Waals surface area contributed by atoms with Gasteiger partial charge in [0.1, 0.15) is 36.9 Å². The molecule has 0 aromatic carbocycles. The Morgan fingerprint density at radius 3 is 1.57 bits per heavy atom. The van der Waals surface area contributed by atoms with Gasteiger partial charge in [0.05, 0.1) is 56.7 Å². The number of ether oxygens (including phenoxy) is 4. The Kier molecular flexibility index (Phi) is 53.7. The standard InChI is InChI=1S/C36H59N5O14.C31H54N2O9.2H2/c1-3-52-13-15-54-21-27(43)8-6-12-53-14-16-55-22-34(47)41-30(36(50)51)9-10-33(46)39-11-5-4-7-25(31(44)19-28(24(2)42)35(48)49)17-32(45)29(37)18-26-20-38-23-40-26;1-2-32-27(35)22-19-24(30(39)40)23-25(34)20-21-26(31(41)42)33-28(36)17-15-13-11-9-7-5-3-4-6-8-10-12-14-16-18-29(37)38;;/h20,23-25,28-30,42H,3-19,21-22,37H2,1-2H3,(H,38,40)(H,39,46)(H,41,47)(H,48,49)(H,50,51);24,26H,2-23H2,1H3,(H,32,35)(H,33,36)(H,37,38)(H,39,40)(H,41,42);2*1H/t24-,25-,28+,29+,30+;24-,26+;;/m11../s1. The van der Waals surface area contributed by atoms with Gasteiger partial charge in [-0.15, -0.1) is 0 Å². The number of carboxylic acid groups (broad SMARTS) is 5. The number of carbonyl (C=O) groups is 13. The first kappa shape index (κ1) is 89.9. The average molecular weight is 1390 g/mol. The van der Waals surface area contributed by atoms with Crippen molar-refractivity contribution in [2.45, 2.75) is 244 Å². The smallest absolute Gasteiger partial charge is 0.326 e. The minimum Gasteiger partial charge on any atom is -0.481 e. The van der Waals surface area contributed by atoms with Gasteiger partial charge in [-0.25, -0.2) is 14.6 Å². The number of aliphatic hydroxyl groups is 1. The number of aromatic nitrogens is 2. The van der Waals surface area contributed by atoms with Gasteiger partial charge >= 0.3 is 29.8 Å². The predicted molar refractivity (Wildman–Crippen MR) is 358 cm³/mol. The van der Waals surface area contributed by atoms with Gasteiger partial charge in [0.2, 0.25) is 23.6 Å². The highest BCUT2D eigenvalue weighted by Crippen LogP contribution is 2.23. The van der Waals surface area contributed by atoms with Crippen molar-refractivity contribution in [3.63, 3.8) is 0 Å². The van der Waals surface area contributed by atoms with E-state index in [4.69, 9.17) is 29.8 Å². The molecule has 0 spiro atoms. The third kappa shape index (κ3) is 50.8. The molecule has 0 fully saturated rings. The molecule has 1 heterocycles. The molecule has 4 amide bonds. The van der Waals surface area contributed by atoms with E-state index in [2.05, 4.69) is 31.2 Å². The molecule has 1 aromatic rings. The van der Waals surface area contributed by atoms with E-state index in [1.165, 1.54) is 58.0 Å². The first-order valence-corrected chi connectivity index (χ1v) is 34.4. The van der Waals surface area contributed by atoms with Gasteiger partial charge in [0.15, 0.2) is 11.6 Å². The number of aliphatic hydroxyl groups excluding tert-OH is 1. The van der Waals surface area contributed by atoms with Crippen LogP contribution in [0.3, 0.4) is 0 Å². The van der Waals surface area contributed by atoms with Gasteiger partial charge in [0, 0.05) is 111 Å². The number of aliphatic carboxylic acids is 5. The molecule has 0 saturated carbocycles.